The van der Waals surface area contributed by atoms with Gasteiger partial charge in [-0.3, -0.25) is 0 Å². The molecule has 94 valence electrons. The van der Waals surface area contributed by atoms with E-state index in [1.807, 2.05) is 37.3 Å². The summed E-state index contributed by atoms with van der Waals surface area (Å²) in [6, 6.07) is 9.20. The molecule has 17 heavy (non-hydrogen) atoms. The normalized spacial score (nSPS) is 11.9. The summed E-state index contributed by atoms with van der Waals surface area (Å²) in [5.74, 6) is 0. The average molecular weight is 237 g/mol. The zero-order chi connectivity index (χ0) is 12.5. The molecular formula is C13H19NO3. The number of carbonyl (C=O) groups is 1. The van der Waals surface area contributed by atoms with Crippen LogP contribution >= 0.6 is 0 Å². The van der Waals surface area contributed by atoms with Crippen LogP contribution in [0.3, 0.4) is 0 Å². The van der Waals surface area contributed by atoms with Gasteiger partial charge in [-0.25, -0.2) is 4.79 Å². The lowest BCUT2D eigenvalue weighted by Crippen LogP contribution is -2.29. The number of alkyl carbamates (subject to hydrolysis) is 1. The second-order valence-electron chi connectivity index (χ2n) is 3.80. The third-order valence-corrected chi connectivity index (χ3v) is 2.36. The van der Waals surface area contributed by atoms with Crippen molar-refractivity contribution in [2.45, 2.75) is 25.9 Å². The summed E-state index contributed by atoms with van der Waals surface area (Å²) in [6.07, 6.45) is 0.664. The highest BCUT2D eigenvalue weighted by Gasteiger charge is 2.09. The number of benzene rings is 1. The van der Waals surface area contributed by atoms with Crippen LogP contribution in [0, 0.1) is 0 Å². The van der Waals surface area contributed by atoms with Crippen LogP contribution in [0.25, 0.3) is 0 Å². The van der Waals surface area contributed by atoms with E-state index in [2.05, 4.69) is 5.32 Å². The lowest BCUT2D eigenvalue weighted by atomic mass is 10.1. The number of unbranched alkanes of at least 4 members (excludes halogenated alkanes) is 1. The van der Waals surface area contributed by atoms with Gasteiger partial charge in [0.15, 0.2) is 0 Å². The third-order valence-electron chi connectivity index (χ3n) is 2.36. The Hall–Kier alpha value is -1.55. The van der Waals surface area contributed by atoms with Crippen molar-refractivity contribution in [1.29, 1.82) is 0 Å². The first-order chi connectivity index (χ1) is 8.24. The zero-order valence-electron chi connectivity index (χ0n) is 10.1. The quantitative estimate of drug-likeness (QED) is 0.746. The van der Waals surface area contributed by atoms with Gasteiger partial charge in [-0.15, -0.1) is 0 Å². The third kappa shape index (κ3) is 5.36. The Labute approximate surface area is 102 Å². The molecule has 1 amide bonds. The van der Waals surface area contributed by atoms with E-state index in [9.17, 15) is 9.90 Å². The van der Waals surface area contributed by atoms with Gasteiger partial charge in [0, 0.05) is 0 Å². The highest BCUT2D eigenvalue weighted by Crippen LogP contribution is 2.10. The molecule has 1 aromatic rings. The van der Waals surface area contributed by atoms with Crippen molar-refractivity contribution in [3.05, 3.63) is 35.9 Å². The second kappa shape index (κ2) is 7.68. The SMILES string of the molecule is CCCCOC(=O)NCC(O)c1ccccc1. The highest BCUT2D eigenvalue weighted by molar-refractivity contribution is 5.67. The maximum Gasteiger partial charge on any atom is 0.407 e. The molecule has 0 aliphatic carbocycles. The van der Waals surface area contributed by atoms with Gasteiger partial charge in [-0.05, 0) is 12.0 Å². The fourth-order valence-electron chi connectivity index (χ4n) is 1.33. The van der Waals surface area contributed by atoms with E-state index in [0.29, 0.717) is 6.61 Å². The van der Waals surface area contributed by atoms with Gasteiger partial charge in [0.1, 0.15) is 0 Å². The molecule has 0 saturated heterocycles. The van der Waals surface area contributed by atoms with E-state index in [0.717, 1.165) is 18.4 Å². The molecule has 1 atom stereocenters. The number of hydrogen-bond acceptors (Lipinski definition) is 3. The van der Waals surface area contributed by atoms with E-state index in [4.69, 9.17) is 4.74 Å². The topological polar surface area (TPSA) is 58.6 Å². The maximum absolute atomic E-state index is 11.2. The van der Waals surface area contributed by atoms with Crippen LogP contribution in [-0.2, 0) is 4.74 Å². The smallest absolute Gasteiger partial charge is 0.407 e. The van der Waals surface area contributed by atoms with Crippen LogP contribution in [0.4, 0.5) is 4.79 Å². The summed E-state index contributed by atoms with van der Waals surface area (Å²) in [7, 11) is 0. The molecule has 1 aromatic carbocycles. The molecule has 2 N–H and O–H groups in total. The standard InChI is InChI=1S/C13H19NO3/c1-2-3-9-17-13(16)14-10-12(15)11-7-5-4-6-8-11/h4-8,12,15H,2-3,9-10H2,1H3,(H,14,16). The fourth-order valence-corrected chi connectivity index (χ4v) is 1.33. The lowest BCUT2D eigenvalue weighted by molar-refractivity contribution is 0.130. The summed E-state index contributed by atoms with van der Waals surface area (Å²) in [6.45, 7) is 2.61. The van der Waals surface area contributed by atoms with Crippen molar-refractivity contribution in [1.82, 2.24) is 5.32 Å². The van der Waals surface area contributed by atoms with Gasteiger partial charge in [-0.1, -0.05) is 43.7 Å². The molecule has 0 aliphatic heterocycles. The fraction of sp³-hybridized carbons (Fsp3) is 0.462. The van der Waals surface area contributed by atoms with Crippen molar-refractivity contribution in [2.24, 2.45) is 0 Å². The van der Waals surface area contributed by atoms with Crippen LogP contribution in [0.15, 0.2) is 30.3 Å². The molecule has 0 heterocycles. The van der Waals surface area contributed by atoms with Crippen molar-refractivity contribution in [2.75, 3.05) is 13.2 Å². The molecule has 1 rings (SSSR count). The first-order valence-corrected chi connectivity index (χ1v) is 5.87. The first kappa shape index (κ1) is 13.5. The van der Waals surface area contributed by atoms with Crippen LogP contribution in [0.1, 0.15) is 31.4 Å². The van der Waals surface area contributed by atoms with E-state index in [-0.39, 0.29) is 6.54 Å². The summed E-state index contributed by atoms with van der Waals surface area (Å²) in [5, 5.41) is 12.3. The van der Waals surface area contributed by atoms with Crippen molar-refractivity contribution in [3.63, 3.8) is 0 Å². The highest BCUT2D eigenvalue weighted by atomic mass is 16.5. The van der Waals surface area contributed by atoms with E-state index in [1.54, 1.807) is 0 Å². The first-order valence-electron chi connectivity index (χ1n) is 5.87. The predicted molar refractivity (Wildman–Crippen MR) is 65.7 cm³/mol. The van der Waals surface area contributed by atoms with Gasteiger partial charge >= 0.3 is 6.09 Å². The minimum absolute atomic E-state index is 0.162. The maximum atomic E-state index is 11.2. The summed E-state index contributed by atoms with van der Waals surface area (Å²) >= 11 is 0. The molecule has 0 spiro atoms. The minimum Gasteiger partial charge on any atom is -0.450 e. The molecule has 4 heteroatoms. The number of aliphatic hydroxyl groups is 1. The van der Waals surface area contributed by atoms with Crippen molar-refractivity contribution >= 4 is 6.09 Å². The number of nitrogens with one attached hydrogen (secondary N) is 1. The summed E-state index contributed by atoms with van der Waals surface area (Å²) < 4.78 is 4.91. The van der Waals surface area contributed by atoms with Crippen LogP contribution in [0.5, 0.6) is 0 Å². The molecule has 0 saturated carbocycles. The minimum atomic E-state index is -0.699. The van der Waals surface area contributed by atoms with Gasteiger partial charge in [0.2, 0.25) is 0 Å². The molecule has 0 aliphatic rings. The summed E-state index contributed by atoms with van der Waals surface area (Å²) in [5.41, 5.74) is 0.779. The zero-order valence-corrected chi connectivity index (χ0v) is 10.1. The number of carbonyl (C=O) groups excluding carboxylic acids is 1. The average Bonchev–Trinajstić information content (AvgIpc) is 2.37. The monoisotopic (exact) mass is 237 g/mol. The molecular weight excluding hydrogens is 218 g/mol. The predicted octanol–water partition coefficient (Wildman–Crippen LogP) is 2.25. The largest absolute Gasteiger partial charge is 0.450 e. The van der Waals surface area contributed by atoms with E-state index in [1.165, 1.54) is 0 Å². The lowest BCUT2D eigenvalue weighted by Gasteiger charge is -2.12. The van der Waals surface area contributed by atoms with Gasteiger partial charge in [0.05, 0.1) is 19.3 Å². The number of hydrogen-bond donors (Lipinski definition) is 2. The van der Waals surface area contributed by atoms with Crippen LogP contribution in [-0.4, -0.2) is 24.4 Å². The Kier molecular flexibility index (Phi) is 6.10. The molecule has 0 bridgehead atoms. The Morgan fingerprint density at radius 3 is 2.76 bits per heavy atom. The van der Waals surface area contributed by atoms with Gasteiger partial charge in [0.25, 0.3) is 0 Å². The Balaban J connectivity index is 2.24. The molecule has 0 aromatic heterocycles. The number of amides is 1. The van der Waals surface area contributed by atoms with Crippen LogP contribution < -0.4 is 5.32 Å². The van der Waals surface area contributed by atoms with Crippen molar-refractivity contribution in [3.8, 4) is 0 Å². The van der Waals surface area contributed by atoms with Crippen LogP contribution in [0.2, 0.25) is 0 Å². The van der Waals surface area contributed by atoms with E-state index >= 15 is 0 Å². The van der Waals surface area contributed by atoms with Crippen molar-refractivity contribution < 1.29 is 14.6 Å². The molecule has 4 nitrogen and oxygen atoms in total. The second-order valence-corrected chi connectivity index (χ2v) is 3.80. The number of ether oxygens (including phenoxy) is 1. The Bertz CT molecular complexity index is 327. The van der Waals surface area contributed by atoms with Gasteiger partial charge < -0.3 is 15.2 Å². The molecule has 0 fully saturated rings. The van der Waals surface area contributed by atoms with E-state index < -0.39 is 12.2 Å². The summed E-state index contributed by atoms with van der Waals surface area (Å²) in [4.78, 5) is 11.2. The number of rotatable bonds is 6. The Morgan fingerprint density at radius 1 is 1.41 bits per heavy atom. The van der Waals surface area contributed by atoms with Gasteiger partial charge in [-0.2, -0.15) is 0 Å². The molecule has 1 unspecified atom stereocenters. The number of aliphatic hydroxyl groups excluding tert-OH is 1. The molecule has 0 radical (unpaired) electrons. The Morgan fingerprint density at radius 2 is 2.12 bits per heavy atom.